The van der Waals surface area contributed by atoms with Crippen molar-refractivity contribution in [2.45, 2.75) is 25.0 Å². The van der Waals surface area contributed by atoms with Crippen molar-refractivity contribution in [1.82, 2.24) is 9.97 Å². The summed E-state index contributed by atoms with van der Waals surface area (Å²) in [4.78, 5) is 10.2. The zero-order valence-electron chi connectivity index (χ0n) is 10.1. The Morgan fingerprint density at radius 2 is 2.41 bits per heavy atom. The number of rotatable bonds is 2. The highest BCUT2D eigenvalue weighted by Crippen LogP contribution is 2.25. The largest absolute Gasteiger partial charge is 0.386 e. The number of nitrogen functional groups attached to an aromatic ring is 1. The second kappa shape index (κ2) is 4.46. The smallest absolute Gasteiger partial charge is 0.227 e. The number of aromatic nitrogens is 2. The molecule has 2 rings (SSSR count). The van der Waals surface area contributed by atoms with E-state index in [1.165, 1.54) is 0 Å². The highest BCUT2D eigenvalue weighted by Gasteiger charge is 2.38. The maximum absolute atomic E-state index is 10.3. The van der Waals surface area contributed by atoms with Crippen LogP contribution in [0.25, 0.3) is 0 Å². The van der Waals surface area contributed by atoms with Crippen molar-refractivity contribution in [3.8, 4) is 0 Å². The molecule has 1 fully saturated rings. The summed E-state index contributed by atoms with van der Waals surface area (Å²) >= 11 is 0. The van der Waals surface area contributed by atoms with E-state index in [1.54, 1.807) is 26.3 Å². The van der Waals surface area contributed by atoms with Gasteiger partial charge in [0.15, 0.2) is 0 Å². The van der Waals surface area contributed by atoms with Crippen molar-refractivity contribution in [3.05, 3.63) is 12.3 Å². The number of nitrogens with two attached hydrogens (primary N) is 1. The number of anilines is 2. The highest BCUT2D eigenvalue weighted by atomic mass is 16.5. The Morgan fingerprint density at radius 1 is 1.65 bits per heavy atom. The van der Waals surface area contributed by atoms with Crippen LogP contribution in [-0.4, -0.2) is 47.0 Å². The fraction of sp³-hybridized carbons (Fsp3) is 0.636. The van der Waals surface area contributed by atoms with Crippen LogP contribution in [0.3, 0.4) is 0 Å². The standard InChI is InChI=1S/C11H18N4O2/c1-11(16)7-15(6-4-8(11)17-2)10-13-5-3-9(12)14-10/h3,5,8,16H,4,6-7H2,1-2H3,(H2,12,13,14)/t8-,11+/m0/s1. The van der Waals surface area contributed by atoms with Gasteiger partial charge in [0.2, 0.25) is 5.95 Å². The van der Waals surface area contributed by atoms with Crippen molar-refractivity contribution in [2.24, 2.45) is 0 Å². The van der Waals surface area contributed by atoms with Crippen LogP contribution in [-0.2, 0) is 4.74 Å². The van der Waals surface area contributed by atoms with E-state index in [0.717, 1.165) is 13.0 Å². The molecule has 0 aromatic carbocycles. The lowest BCUT2D eigenvalue weighted by Crippen LogP contribution is -2.56. The molecule has 6 heteroatoms. The summed E-state index contributed by atoms with van der Waals surface area (Å²) < 4.78 is 5.27. The van der Waals surface area contributed by atoms with E-state index < -0.39 is 5.60 Å². The molecule has 3 N–H and O–H groups in total. The van der Waals surface area contributed by atoms with E-state index in [-0.39, 0.29) is 6.10 Å². The predicted molar refractivity (Wildman–Crippen MR) is 64.7 cm³/mol. The van der Waals surface area contributed by atoms with E-state index >= 15 is 0 Å². The Kier molecular flexibility index (Phi) is 3.17. The molecule has 0 aliphatic carbocycles. The zero-order valence-corrected chi connectivity index (χ0v) is 10.1. The van der Waals surface area contributed by atoms with Gasteiger partial charge in [-0.05, 0) is 19.4 Å². The van der Waals surface area contributed by atoms with Crippen molar-refractivity contribution in [3.63, 3.8) is 0 Å². The number of aliphatic hydroxyl groups is 1. The first-order valence-corrected chi connectivity index (χ1v) is 5.61. The van der Waals surface area contributed by atoms with Crippen LogP contribution >= 0.6 is 0 Å². The van der Waals surface area contributed by atoms with Crippen LogP contribution in [0.15, 0.2) is 12.3 Å². The normalized spacial score (nSPS) is 29.4. The summed E-state index contributed by atoms with van der Waals surface area (Å²) in [6.45, 7) is 2.95. The fourth-order valence-corrected chi connectivity index (χ4v) is 2.21. The van der Waals surface area contributed by atoms with Crippen molar-refractivity contribution >= 4 is 11.8 Å². The van der Waals surface area contributed by atoms with Crippen LogP contribution in [0.1, 0.15) is 13.3 Å². The van der Waals surface area contributed by atoms with Gasteiger partial charge in [-0.1, -0.05) is 0 Å². The van der Waals surface area contributed by atoms with Crippen LogP contribution < -0.4 is 10.6 Å². The van der Waals surface area contributed by atoms with Gasteiger partial charge >= 0.3 is 0 Å². The number of hydrogen-bond acceptors (Lipinski definition) is 6. The molecule has 1 aliphatic heterocycles. The topological polar surface area (TPSA) is 84.5 Å². The first-order chi connectivity index (χ1) is 8.03. The van der Waals surface area contributed by atoms with Gasteiger partial charge in [0, 0.05) is 19.9 Å². The summed E-state index contributed by atoms with van der Waals surface area (Å²) in [5.74, 6) is 0.989. The van der Waals surface area contributed by atoms with Gasteiger partial charge in [-0.15, -0.1) is 0 Å². The summed E-state index contributed by atoms with van der Waals surface area (Å²) in [7, 11) is 1.62. The fourth-order valence-electron chi connectivity index (χ4n) is 2.21. The molecule has 1 aromatic heterocycles. The Morgan fingerprint density at radius 3 is 3.00 bits per heavy atom. The van der Waals surface area contributed by atoms with Gasteiger partial charge < -0.3 is 20.5 Å². The lowest BCUT2D eigenvalue weighted by Gasteiger charge is -2.42. The molecule has 2 atom stereocenters. The lowest BCUT2D eigenvalue weighted by molar-refractivity contribution is -0.0892. The maximum Gasteiger partial charge on any atom is 0.227 e. The molecule has 6 nitrogen and oxygen atoms in total. The first-order valence-electron chi connectivity index (χ1n) is 5.61. The summed E-state index contributed by atoms with van der Waals surface area (Å²) in [6, 6.07) is 1.64. The minimum absolute atomic E-state index is 0.153. The summed E-state index contributed by atoms with van der Waals surface area (Å²) in [5, 5.41) is 10.3. The number of methoxy groups -OCH3 is 1. The molecule has 1 aromatic rings. The second-order valence-corrected chi connectivity index (χ2v) is 4.57. The minimum atomic E-state index is -0.902. The van der Waals surface area contributed by atoms with Crippen molar-refractivity contribution < 1.29 is 9.84 Å². The SMILES string of the molecule is CO[C@H]1CCN(c2nccc(N)n2)C[C@@]1(C)O. The number of nitrogens with zero attached hydrogens (tertiary/aromatic N) is 3. The third kappa shape index (κ3) is 2.48. The third-order valence-electron chi connectivity index (χ3n) is 3.10. The Hall–Kier alpha value is -1.40. The molecule has 0 saturated carbocycles. The quantitative estimate of drug-likeness (QED) is 0.756. The average molecular weight is 238 g/mol. The van der Waals surface area contributed by atoms with E-state index in [0.29, 0.717) is 18.3 Å². The molecule has 1 aliphatic rings. The van der Waals surface area contributed by atoms with E-state index in [4.69, 9.17) is 10.5 Å². The molecule has 1 saturated heterocycles. The minimum Gasteiger partial charge on any atom is -0.386 e. The van der Waals surface area contributed by atoms with Gasteiger partial charge in [0.05, 0.1) is 12.6 Å². The zero-order chi connectivity index (χ0) is 12.5. The van der Waals surface area contributed by atoms with Crippen LogP contribution in [0.2, 0.25) is 0 Å². The Bertz CT molecular complexity index is 397. The van der Waals surface area contributed by atoms with Gasteiger partial charge in [-0.2, -0.15) is 4.98 Å². The average Bonchev–Trinajstić information content (AvgIpc) is 2.27. The molecule has 0 radical (unpaired) electrons. The molecule has 94 valence electrons. The van der Waals surface area contributed by atoms with Gasteiger partial charge in [0.1, 0.15) is 11.4 Å². The van der Waals surface area contributed by atoms with E-state index in [9.17, 15) is 5.11 Å². The monoisotopic (exact) mass is 238 g/mol. The first kappa shape index (κ1) is 12.1. The predicted octanol–water partition coefficient (Wildman–Crippen LogP) is 0.0349. The summed E-state index contributed by atoms with van der Waals surface area (Å²) in [5.41, 5.74) is 4.72. The molecular formula is C11H18N4O2. The third-order valence-corrected chi connectivity index (χ3v) is 3.10. The number of piperidine rings is 1. The second-order valence-electron chi connectivity index (χ2n) is 4.57. The van der Waals surface area contributed by atoms with E-state index in [2.05, 4.69) is 9.97 Å². The van der Waals surface area contributed by atoms with Gasteiger partial charge in [-0.3, -0.25) is 0 Å². The van der Waals surface area contributed by atoms with Crippen LogP contribution in [0, 0.1) is 0 Å². The number of ether oxygens (including phenoxy) is 1. The maximum atomic E-state index is 10.3. The van der Waals surface area contributed by atoms with Crippen molar-refractivity contribution in [2.75, 3.05) is 30.8 Å². The molecular weight excluding hydrogens is 220 g/mol. The molecule has 0 spiro atoms. The summed E-state index contributed by atoms with van der Waals surface area (Å²) in [6.07, 6.45) is 2.20. The Balaban J connectivity index is 2.15. The lowest BCUT2D eigenvalue weighted by atomic mass is 9.92. The molecule has 0 amide bonds. The molecule has 0 bridgehead atoms. The van der Waals surface area contributed by atoms with Crippen molar-refractivity contribution in [1.29, 1.82) is 0 Å². The highest BCUT2D eigenvalue weighted by molar-refractivity contribution is 5.38. The van der Waals surface area contributed by atoms with Gasteiger partial charge in [-0.25, -0.2) is 4.98 Å². The Labute approximate surface area is 100 Å². The number of β-amino-alcohol motifs (C(OH)–C–C–N with tert-alkyl or cyclic N) is 1. The van der Waals surface area contributed by atoms with Gasteiger partial charge in [0.25, 0.3) is 0 Å². The van der Waals surface area contributed by atoms with E-state index in [1.807, 2.05) is 4.90 Å². The van der Waals surface area contributed by atoms with Crippen LogP contribution in [0.4, 0.5) is 11.8 Å². The molecule has 0 unspecified atom stereocenters. The molecule has 17 heavy (non-hydrogen) atoms. The van der Waals surface area contributed by atoms with Crippen LogP contribution in [0.5, 0.6) is 0 Å². The molecule has 2 heterocycles. The number of hydrogen-bond donors (Lipinski definition) is 2.